The summed E-state index contributed by atoms with van der Waals surface area (Å²) in [5, 5.41) is 14.1. The molecule has 1 aromatic rings. The second-order valence-electron chi connectivity index (χ2n) is 4.30. The topological polar surface area (TPSA) is 85.8 Å². The Balaban J connectivity index is 1.83. The van der Waals surface area contributed by atoms with Crippen LogP contribution in [-0.2, 0) is 4.79 Å². The van der Waals surface area contributed by atoms with Crippen LogP contribution in [0, 0.1) is 0 Å². The fourth-order valence-electron chi connectivity index (χ4n) is 1.81. The van der Waals surface area contributed by atoms with Crippen LogP contribution in [0.2, 0.25) is 0 Å². The third-order valence-corrected chi connectivity index (χ3v) is 3.80. The number of nitrogens with zero attached hydrogens (tertiary/aromatic N) is 3. The normalized spacial score (nSPS) is 17.1. The van der Waals surface area contributed by atoms with Crippen LogP contribution in [0.3, 0.4) is 0 Å². The molecule has 1 aliphatic rings. The van der Waals surface area contributed by atoms with E-state index >= 15 is 0 Å². The largest absolute Gasteiger partial charge is 0.480 e. The molecule has 7 nitrogen and oxygen atoms in total. The van der Waals surface area contributed by atoms with Crippen LogP contribution in [-0.4, -0.2) is 59.2 Å². The molecule has 1 saturated heterocycles. The molecule has 104 valence electrons. The van der Waals surface area contributed by atoms with Gasteiger partial charge in [0.15, 0.2) is 5.13 Å². The molecule has 2 heterocycles. The van der Waals surface area contributed by atoms with Crippen LogP contribution in [0.1, 0.15) is 6.92 Å². The Morgan fingerprint density at radius 2 is 2.11 bits per heavy atom. The third-order valence-electron chi connectivity index (χ3n) is 2.97. The lowest BCUT2D eigenvalue weighted by Crippen LogP contribution is -2.54. The summed E-state index contributed by atoms with van der Waals surface area (Å²) < 4.78 is 0. The summed E-state index contributed by atoms with van der Waals surface area (Å²) >= 11 is 1.57. The average Bonchev–Trinajstić information content (AvgIpc) is 2.92. The first-order chi connectivity index (χ1) is 9.08. The zero-order chi connectivity index (χ0) is 13.8. The molecule has 1 aromatic heterocycles. The molecule has 0 radical (unpaired) electrons. The highest BCUT2D eigenvalue weighted by atomic mass is 32.1. The second-order valence-corrected chi connectivity index (χ2v) is 5.17. The van der Waals surface area contributed by atoms with Crippen LogP contribution in [0.25, 0.3) is 0 Å². The lowest BCUT2D eigenvalue weighted by atomic mass is 10.3. The number of carbonyl (C=O) groups is 2. The molecule has 8 heteroatoms. The summed E-state index contributed by atoms with van der Waals surface area (Å²) in [6.45, 7) is 4.01. The molecule has 0 saturated carbocycles. The van der Waals surface area contributed by atoms with E-state index in [1.165, 1.54) is 6.92 Å². The lowest BCUT2D eigenvalue weighted by molar-refractivity contribution is -0.138. The van der Waals surface area contributed by atoms with E-state index in [0.717, 1.165) is 5.13 Å². The van der Waals surface area contributed by atoms with E-state index in [1.807, 2.05) is 5.38 Å². The third kappa shape index (κ3) is 3.34. The maximum absolute atomic E-state index is 11.8. The number of urea groups is 1. The molecular formula is C11H16N4O3S. The monoisotopic (exact) mass is 284 g/mol. The zero-order valence-corrected chi connectivity index (χ0v) is 11.4. The number of rotatable bonds is 3. The molecule has 0 bridgehead atoms. The van der Waals surface area contributed by atoms with Crippen molar-refractivity contribution in [3.63, 3.8) is 0 Å². The minimum Gasteiger partial charge on any atom is -0.480 e. The van der Waals surface area contributed by atoms with Crippen LogP contribution in [0.5, 0.6) is 0 Å². The number of amides is 2. The van der Waals surface area contributed by atoms with Gasteiger partial charge in [0.1, 0.15) is 6.04 Å². The summed E-state index contributed by atoms with van der Waals surface area (Å²) in [6, 6.07) is -1.20. The van der Waals surface area contributed by atoms with Crippen molar-refractivity contribution in [2.45, 2.75) is 13.0 Å². The van der Waals surface area contributed by atoms with E-state index in [1.54, 1.807) is 22.4 Å². The Hall–Kier alpha value is -1.83. The number of anilines is 1. The molecule has 1 aliphatic heterocycles. The van der Waals surface area contributed by atoms with Gasteiger partial charge >= 0.3 is 12.0 Å². The van der Waals surface area contributed by atoms with Gasteiger partial charge in [-0.05, 0) is 6.92 Å². The summed E-state index contributed by atoms with van der Waals surface area (Å²) in [4.78, 5) is 30.5. The van der Waals surface area contributed by atoms with Crippen LogP contribution >= 0.6 is 11.3 Å². The van der Waals surface area contributed by atoms with Crippen LogP contribution in [0.4, 0.5) is 9.93 Å². The average molecular weight is 284 g/mol. The van der Waals surface area contributed by atoms with Gasteiger partial charge in [0.25, 0.3) is 0 Å². The molecule has 0 unspecified atom stereocenters. The molecule has 0 aliphatic carbocycles. The van der Waals surface area contributed by atoms with Gasteiger partial charge in [-0.1, -0.05) is 0 Å². The number of aliphatic carboxylic acids is 1. The fourth-order valence-corrected chi connectivity index (χ4v) is 2.51. The van der Waals surface area contributed by atoms with Crippen molar-refractivity contribution in [1.29, 1.82) is 0 Å². The fraction of sp³-hybridized carbons (Fsp3) is 0.545. The van der Waals surface area contributed by atoms with Gasteiger partial charge in [0.05, 0.1) is 0 Å². The number of aromatic nitrogens is 1. The van der Waals surface area contributed by atoms with Gasteiger partial charge in [-0.3, -0.25) is 4.79 Å². The van der Waals surface area contributed by atoms with Crippen molar-refractivity contribution in [2.75, 3.05) is 31.1 Å². The Morgan fingerprint density at radius 1 is 1.42 bits per heavy atom. The van der Waals surface area contributed by atoms with E-state index in [4.69, 9.17) is 5.11 Å². The SMILES string of the molecule is C[C@@H](NC(=O)N1CCN(c2nccs2)CC1)C(=O)O. The standard InChI is InChI=1S/C11H16N4O3S/c1-8(9(16)17)13-10(18)14-3-5-15(6-4-14)11-12-2-7-19-11/h2,7-8H,3-6H2,1H3,(H,13,18)(H,16,17)/t8-/m1/s1. The van der Waals surface area contributed by atoms with E-state index in [9.17, 15) is 9.59 Å². The second kappa shape index (κ2) is 5.87. The number of piperazine rings is 1. The van der Waals surface area contributed by atoms with Crippen molar-refractivity contribution in [2.24, 2.45) is 0 Å². The summed E-state index contributed by atoms with van der Waals surface area (Å²) in [5.41, 5.74) is 0. The zero-order valence-electron chi connectivity index (χ0n) is 10.6. The predicted octanol–water partition coefficient (Wildman–Crippen LogP) is 0.448. The quantitative estimate of drug-likeness (QED) is 0.841. The molecule has 2 N–H and O–H groups in total. The van der Waals surface area contributed by atoms with Gasteiger partial charge in [-0.2, -0.15) is 0 Å². The van der Waals surface area contributed by atoms with Crippen LogP contribution in [0.15, 0.2) is 11.6 Å². The highest BCUT2D eigenvalue weighted by Gasteiger charge is 2.24. The van der Waals surface area contributed by atoms with E-state index in [-0.39, 0.29) is 6.03 Å². The van der Waals surface area contributed by atoms with E-state index in [0.29, 0.717) is 26.2 Å². The molecule has 0 spiro atoms. The summed E-state index contributed by atoms with van der Waals surface area (Å²) in [7, 11) is 0. The number of hydrogen-bond acceptors (Lipinski definition) is 5. The lowest BCUT2D eigenvalue weighted by Gasteiger charge is -2.34. The molecule has 0 aromatic carbocycles. The number of hydrogen-bond donors (Lipinski definition) is 2. The first-order valence-corrected chi connectivity index (χ1v) is 6.88. The minimum absolute atomic E-state index is 0.325. The first-order valence-electron chi connectivity index (χ1n) is 6.00. The highest BCUT2D eigenvalue weighted by Crippen LogP contribution is 2.18. The molecule has 19 heavy (non-hydrogen) atoms. The van der Waals surface area contributed by atoms with Crippen LogP contribution < -0.4 is 10.2 Å². The molecule has 2 rings (SSSR count). The predicted molar refractivity (Wildman–Crippen MR) is 71.5 cm³/mol. The highest BCUT2D eigenvalue weighted by molar-refractivity contribution is 7.13. The Kier molecular flexibility index (Phi) is 4.20. The van der Waals surface area contributed by atoms with E-state index < -0.39 is 12.0 Å². The number of nitrogens with one attached hydrogen (secondary N) is 1. The molecule has 1 atom stereocenters. The molecular weight excluding hydrogens is 268 g/mol. The number of carboxylic acid groups (broad SMARTS) is 1. The Labute approximate surface area is 114 Å². The summed E-state index contributed by atoms with van der Waals surface area (Å²) in [6.07, 6.45) is 1.76. The smallest absolute Gasteiger partial charge is 0.325 e. The maximum Gasteiger partial charge on any atom is 0.325 e. The first kappa shape index (κ1) is 13.6. The van der Waals surface area contributed by atoms with Gasteiger partial charge in [0.2, 0.25) is 0 Å². The minimum atomic E-state index is -1.03. The Bertz CT molecular complexity index is 443. The molecule has 2 amide bonds. The van der Waals surface area contributed by atoms with Crippen molar-refractivity contribution >= 4 is 28.5 Å². The van der Waals surface area contributed by atoms with Gasteiger partial charge in [-0.15, -0.1) is 11.3 Å². The van der Waals surface area contributed by atoms with Gasteiger partial charge < -0.3 is 20.2 Å². The van der Waals surface area contributed by atoms with Crippen molar-refractivity contribution < 1.29 is 14.7 Å². The maximum atomic E-state index is 11.8. The number of carboxylic acids is 1. The number of thiazole rings is 1. The Morgan fingerprint density at radius 3 is 2.63 bits per heavy atom. The number of carbonyl (C=O) groups excluding carboxylic acids is 1. The van der Waals surface area contributed by atoms with Gasteiger partial charge in [-0.25, -0.2) is 9.78 Å². The van der Waals surface area contributed by atoms with E-state index in [2.05, 4.69) is 15.2 Å². The van der Waals surface area contributed by atoms with Crippen molar-refractivity contribution in [1.82, 2.24) is 15.2 Å². The van der Waals surface area contributed by atoms with Crippen molar-refractivity contribution in [3.8, 4) is 0 Å². The van der Waals surface area contributed by atoms with Gasteiger partial charge in [0, 0.05) is 37.8 Å². The molecule has 1 fully saturated rings. The van der Waals surface area contributed by atoms with Crippen molar-refractivity contribution in [3.05, 3.63) is 11.6 Å². The summed E-state index contributed by atoms with van der Waals surface area (Å²) in [5.74, 6) is -1.03.